The molecule has 0 unspecified atom stereocenters. The van der Waals surface area contributed by atoms with E-state index in [9.17, 15) is 9.59 Å². The second-order valence-electron chi connectivity index (χ2n) is 17.3. The molecule has 4 aromatic carbocycles. The van der Waals surface area contributed by atoms with E-state index in [4.69, 9.17) is 9.47 Å². The number of carbonyl (C=O) groups is 3. The van der Waals surface area contributed by atoms with Gasteiger partial charge >= 0.3 is 6.03 Å². The van der Waals surface area contributed by atoms with Gasteiger partial charge in [-0.3, -0.25) is 9.59 Å². The molecule has 4 heterocycles. The first-order valence-electron chi connectivity index (χ1n) is 21.5. The van der Waals surface area contributed by atoms with E-state index in [2.05, 4.69) is 44.9 Å². The highest BCUT2D eigenvalue weighted by Crippen LogP contribution is 2.40. The third-order valence-electron chi connectivity index (χ3n) is 11.6. The molecule has 11 heteroatoms. The van der Waals surface area contributed by atoms with Gasteiger partial charge < -0.3 is 29.9 Å². The minimum absolute atomic E-state index is 0.187. The summed E-state index contributed by atoms with van der Waals surface area (Å²) in [5, 5.41) is 5.91. The van der Waals surface area contributed by atoms with Crippen LogP contribution in [0.15, 0.2) is 133 Å². The molecule has 4 amide bonds. The Balaban J connectivity index is 1.19. The summed E-state index contributed by atoms with van der Waals surface area (Å²) in [5.74, 6) is -0.590. The van der Waals surface area contributed by atoms with Gasteiger partial charge in [0.1, 0.15) is 23.8 Å². The molecule has 2 fully saturated rings. The molecule has 0 bridgehead atoms. The molecule has 0 saturated carbocycles. The Kier molecular flexibility index (Phi) is 12.5. The number of fused-ring (bicyclic) bond motifs is 1. The monoisotopic (exact) mass is 842 g/mol. The minimum atomic E-state index is -0.947. The van der Waals surface area contributed by atoms with Crippen LogP contribution in [0.1, 0.15) is 79.3 Å². The summed E-state index contributed by atoms with van der Waals surface area (Å²) >= 11 is 0. The molecule has 4 atom stereocenters. The van der Waals surface area contributed by atoms with Gasteiger partial charge in [-0.25, -0.2) is 14.8 Å². The van der Waals surface area contributed by atoms with Crippen LogP contribution in [0, 0.1) is 27.7 Å². The van der Waals surface area contributed by atoms with Crippen molar-refractivity contribution >= 4 is 29.5 Å². The van der Waals surface area contributed by atoms with Crippen molar-refractivity contribution in [3.63, 3.8) is 0 Å². The largest absolute Gasteiger partial charge is 0.342 e. The lowest BCUT2D eigenvalue weighted by Crippen LogP contribution is -2.51. The fourth-order valence-corrected chi connectivity index (χ4v) is 8.95. The number of amides is 4. The highest BCUT2D eigenvalue weighted by molar-refractivity contribution is 6.04. The number of aryl methyl sites for hydroxylation is 4. The first-order chi connectivity index (χ1) is 30.3. The quantitative estimate of drug-likeness (QED) is 0.126. The average molecular weight is 843 g/mol. The molecular weight excluding hydrogens is 789 g/mol. The summed E-state index contributed by atoms with van der Waals surface area (Å²) in [6, 6.07) is 41.5. The average Bonchev–Trinajstić information content (AvgIpc) is 3.54. The molecule has 2 saturated heterocycles. The lowest BCUT2D eigenvalue weighted by molar-refractivity contribution is -0.157. The number of benzene rings is 4. The normalized spacial score (nSPS) is 19.3. The van der Waals surface area contributed by atoms with Crippen LogP contribution in [0.4, 0.5) is 16.4 Å². The zero-order chi connectivity index (χ0) is 44.3. The Labute approximate surface area is 369 Å². The fourth-order valence-electron chi connectivity index (χ4n) is 8.95. The zero-order valence-corrected chi connectivity index (χ0v) is 36.7. The SMILES string of the molecule is Cc1cc(C)nc(NC(=O)c2cccc(CN3C(=O)N(Cc4cccc(C(=O)Nc5cc(C)cc(C)n5)c4)[C@H](Cc4ccccc4)[C@@H]4OC(C)(C)O[C@H]4[C@H]3Cc3ccccc3)c2)c1. The van der Waals surface area contributed by atoms with Crippen LogP contribution in [0.2, 0.25) is 0 Å². The number of aromatic nitrogens is 2. The number of nitrogens with zero attached hydrogens (tertiary/aromatic N) is 4. The van der Waals surface area contributed by atoms with Crippen molar-refractivity contribution in [2.45, 2.75) is 97.6 Å². The molecule has 0 radical (unpaired) electrons. The van der Waals surface area contributed by atoms with Crippen molar-refractivity contribution in [2.75, 3.05) is 10.6 Å². The van der Waals surface area contributed by atoms with Gasteiger partial charge in [0.25, 0.3) is 11.8 Å². The van der Waals surface area contributed by atoms with E-state index in [-0.39, 0.29) is 30.9 Å². The van der Waals surface area contributed by atoms with Crippen molar-refractivity contribution in [3.8, 4) is 0 Å². The maximum atomic E-state index is 15.8. The van der Waals surface area contributed by atoms with Crippen molar-refractivity contribution in [2.24, 2.45) is 0 Å². The van der Waals surface area contributed by atoms with Gasteiger partial charge in [0.15, 0.2) is 5.79 Å². The van der Waals surface area contributed by atoms with E-state index in [1.807, 2.05) is 148 Å². The standard InChI is InChI=1S/C52H54N6O5/c1-33-23-35(3)53-45(25-33)55-49(59)41-21-13-19-39(27-41)31-57-43(29-37-15-9-7-10-16-37)47-48(63-52(5,6)62-47)44(30-38-17-11-8-12-18-38)58(51(57)61)32-40-20-14-22-42(28-40)50(60)56-46-26-34(2)24-36(4)54-46/h7-28,43-44,47-48H,29-32H2,1-6H3,(H,53,55,59)(H,54,56,60)/t43-,44-,47+,48+/m1/s1. The Morgan fingerprint density at radius 1 is 0.556 bits per heavy atom. The molecule has 2 aliphatic heterocycles. The fraction of sp³-hybridized carbons (Fsp3) is 0.288. The highest BCUT2D eigenvalue weighted by Gasteiger charge is 2.55. The molecule has 322 valence electrons. The second kappa shape index (κ2) is 18.3. The van der Waals surface area contributed by atoms with Gasteiger partial charge in [0.05, 0.1) is 12.1 Å². The smallest absolute Gasteiger partial charge is 0.321 e. The molecule has 2 N–H and O–H groups in total. The Bertz CT molecular complexity index is 2400. The molecule has 2 aliphatic rings. The summed E-state index contributed by atoms with van der Waals surface area (Å²) in [5.41, 5.74) is 8.14. The van der Waals surface area contributed by atoms with E-state index in [1.54, 1.807) is 12.1 Å². The number of hydrogen-bond acceptors (Lipinski definition) is 7. The van der Waals surface area contributed by atoms with Gasteiger partial charge in [0, 0.05) is 35.6 Å². The van der Waals surface area contributed by atoms with Crippen molar-refractivity contribution in [1.82, 2.24) is 19.8 Å². The first kappa shape index (κ1) is 43.0. The maximum Gasteiger partial charge on any atom is 0.321 e. The van der Waals surface area contributed by atoms with E-state index in [1.165, 1.54) is 0 Å². The molecule has 0 spiro atoms. The first-order valence-corrected chi connectivity index (χ1v) is 21.5. The minimum Gasteiger partial charge on any atom is -0.342 e. The molecule has 6 aromatic rings. The van der Waals surface area contributed by atoms with Gasteiger partial charge in [0.2, 0.25) is 0 Å². The summed E-state index contributed by atoms with van der Waals surface area (Å²) < 4.78 is 13.8. The third kappa shape index (κ3) is 10.3. The summed E-state index contributed by atoms with van der Waals surface area (Å²) in [7, 11) is 0. The van der Waals surface area contributed by atoms with Gasteiger partial charge in [-0.05, 0) is 136 Å². The Hall–Kier alpha value is -6.69. The van der Waals surface area contributed by atoms with Crippen LogP contribution in [0.3, 0.4) is 0 Å². The molecule has 2 aromatic heterocycles. The van der Waals surface area contributed by atoms with Crippen LogP contribution in [-0.2, 0) is 35.4 Å². The number of hydrogen-bond donors (Lipinski definition) is 2. The summed E-state index contributed by atoms with van der Waals surface area (Å²) in [6.45, 7) is 11.9. The molecular formula is C52H54N6O5. The third-order valence-corrected chi connectivity index (χ3v) is 11.6. The van der Waals surface area contributed by atoms with Gasteiger partial charge in [-0.15, -0.1) is 0 Å². The number of anilines is 2. The van der Waals surface area contributed by atoms with Crippen molar-refractivity contribution in [3.05, 3.63) is 189 Å². The summed E-state index contributed by atoms with van der Waals surface area (Å²) in [4.78, 5) is 56.0. The summed E-state index contributed by atoms with van der Waals surface area (Å²) in [6.07, 6.45) is -0.0424. The number of ether oxygens (including phenoxy) is 2. The van der Waals surface area contributed by atoms with Crippen LogP contribution < -0.4 is 10.6 Å². The lowest BCUT2D eigenvalue weighted by atomic mass is 9.90. The number of carbonyl (C=O) groups excluding carboxylic acids is 3. The lowest BCUT2D eigenvalue weighted by Gasteiger charge is -2.37. The van der Waals surface area contributed by atoms with Gasteiger partial charge in [-0.2, -0.15) is 0 Å². The van der Waals surface area contributed by atoms with Crippen LogP contribution in [0.25, 0.3) is 0 Å². The molecule has 8 rings (SSSR count). The van der Waals surface area contributed by atoms with Crippen molar-refractivity contribution in [1.29, 1.82) is 0 Å². The predicted molar refractivity (Wildman–Crippen MR) is 244 cm³/mol. The molecule has 11 nitrogen and oxygen atoms in total. The van der Waals surface area contributed by atoms with E-state index in [0.29, 0.717) is 35.6 Å². The van der Waals surface area contributed by atoms with Gasteiger partial charge in [-0.1, -0.05) is 84.9 Å². The number of pyridine rings is 2. The van der Waals surface area contributed by atoms with Crippen LogP contribution in [-0.4, -0.2) is 67.7 Å². The maximum absolute atomic E-state index is 15.8. The predicted octanol–water partition coefficient (Wildman–Crippen LogP) is 9.40. The molecule has 0 aliphatic carbocycles. The van der Waals surface area contributed by atoms with Crippen LogP contribution in [0.5, 0.6) is 0 Å². The number of nitrogens with one attached hydrogen (secondary N) is 2. The zero-order valence-electron chi connectivity index (χ0n) is 36.7. The van der Waals surface area contributed by atoms with Crippen LogP contribution >= 0.6 is 0 Å². The number of urea groups is 1. The van der Waals surface area contributed by atoms with E-state index in [0.717, 1.165) is 44.8 Å². The second-order valence-corrected chi connectivity index (χ2v) is 17.3. The molecule has 63 heavy (non-hydrogen) atoms. The van der Waals surface area contributed by atoms with E-state index < -0.39 is 30.1 Å². The topological polar surface area (TPSA) is 126 Å². The van der Waals surface area contributed by atoms with Crippen molar-refractivity contribution < 1.29 is 23.9 Å². The Morgan fingerprint density at radius 2 is 0.952 bits per heavy atom. The Morgan fingerprint density at radius 3 is 1.35 bits per heavy atom. The highest BCUT2D eigenvalue weighted by atomic mass is 16.8. The van der Waals surface area contributed by atoms with E-state index >= 15 is 4.79 Å². The number of rotatable bonds is 12.